The van der Waals surface area contributed by atoms with E-state index in [0.717, 1.165) is 68.8 Å². The van der Waals surface area contributed by atoms with Crippen molar-refractivity contribution in [2.75, 3.05) is 74.7 Å². The number of unbranched alkanes of at least 4 members (excludes halogenated alkanes) is 6. The van der Waals surface area contributed by atoms with Crippen LogP contribution in [0.4, 0.5) is 11.4 Å². The summed E-state index contributed by atoms with van der Waals surface area (Å²) in [5, 5.41) is 19.1. The predicted molar refractivity (Wildman–Crippen MR) is 251 cm³/mol. The monoisotopic (exact) mass is 904 g/mol. The number of aliphatic imine (C=N–C) groups is 1. The van der Waals surface area contributed by atoms with Gasteiger partial charge in [-0.15, -0.1) is 0 Å². The highest BCUT2D eigenvalue weighted by molar-refractivity contribution is 8.00. The maximum atomic E-state index is 13.1. The first kappa shape index (κ1) is 51.1. The lowest BCUT2D eigenvalue weighted by Gasteiger charge is -2.14. The van der Waals surface area contributed by atoms with Gasteiger partial charge in [-0.05, 0) is 88.2 Å². The molecule has 3 aliphatic heterocycles. The van der Waals surface area contributed by atoms with Gasteiger partial charge in [0.15, 0.2) is 5.96 Å². The molecule has 5 amide bonds. The normalized spacial score (nSPS) is 19.0. The molecule has 0 radical (unpaired) electrons. The third-order valence-electron chi connectivity index (χ3n) is 11.0. The Labute approximate surface area is 376 Å². The number of carbonyl (C=O) groups is 5. The maximum Gasteiger partial charge on any atom is 0.251 e. The SMILES string of the molecule is NCCOCCOCCNC(=O)c1cc(NC(=O)CCCCCNC(=O)CCCC[C@H]2CCCS2)cc(NC(=O)CCCCCNC(=O)CCCC[C@@H]2SC[C@@H]3NC(N)=N[C@@H]32)c1. The second-order valence-electron chi connectivity index (χ2n) is 16.2. The molecule has 1 aromatic rings. The number of hydrogen-bond donors (Lipinski definition) is 8. The summed E-state index contributed by atoms with van der Waals surface area (Å²) in [6, 6.07) is 5.41. The van der Waals surface area contributed by atoms with Crippen LogP contribution >= 0.6 is 23.5 Å². The van der Waals surface area contributed by atoms with Gasteiger partial charge in [-0.2, -0.15) is 23.5 Å². The number of nitrogens with zero attached hydrogens (tertiary/aromatic N) is 1. The molecule has 4 rings (SSSR count). The second kappa shape index (κ2) is 30.5. The van der Waals surface area contributed by atoms with Crippen LogP contribution in [0, 0.1) is 0 Å². The second-order valence-corrected chi connectivity index (χ2v) is 18.9. The first-order valence-corrected chi connectivity index (χ1v) is 25.0. The topological polar surface area (TPSA) is 240 Å². The fraction of sp³-hybridized carbons (Fsp3) is 0.727. The first-order chi connectivity index (χ1) is 30.2. The number of rotatable bonds is 33. The predicted octanol–water partition coefficient (Wildman–Crippen LogP) is 4.43. The molecule has 3 heterocycles. The number of ether oxygens (including phenoxy) is 2. The largest absolute Gasteiger partial charge is 0.378 e. The van der Waals surface area contributed by atoms with Crippen molar-refractivity contribution >= 4 is 70.4 Å². The van der Waals surface area contributed by atoms with Gasteiger partial charge >= 0.3 is 0 Å². The summed E-state index contributed by atoms with van der Waals surface area (Å²) in [5.41, 5.74) is 12.3. The zero-order chi connectivity index (χ0) is 44.2. The molecule has 0 bridgehead atoms. The van der Waals surface area contributed by atoms with Crippen molar-refractivity contribution in [1.29, 1.82) is 0 Å². The maximum absolute atomic E-state index is 13.1. The molecule has 0 aliphatic carbocycles. The summed E-state index contributed by atoms with van der Waals surface area (Å²) in [5.74, 6) is 2.19. The number of hydrogen-bond acceptors (Lipinski definition) is 13. The number of anilines is 2. The van der Waals surface area contributed by atoms with Crippen LogP contribution in [0.3, 0.4) is 0 Å². The van der Waals surface area contributed by atoms with Crippen molar-refractivity contribution in [2.24, 2.45) is 16.5 Å². The molecule has 0 saturated carbocycles. The average Bonchev–Trinajstić information content (AvgIpc) is 4.00. The molecule has 2 fully saturated rings. The molecule has 2 saturated heterocycles. The van der Waals surface area contributed by atoms with Gasteiger partial charge in [0.2, 0.25) is 23.6 Å². The van der Waals surface area contributed by atoms with Crippen LogP contribution in [0.15, 0.2) is 23.2 Å². The molecule has 0 unspecified atom stereocenters. The summed E-state index contributed by atoms with van der Waals surface area (Å²) < 4.78 is 10.8. The van der Waals surface area contributed by atoms with Crippen molar-refractivity contribution in [3.05, 3.63) is 23.8 Å². The van der Waals surface area contributed by atoms with Gasteiger partial charge in [0.1, 0.15) is 0 Å². The van der Waals surface area contributed by atoms with E-state index in [1.165, 1.54) is 25.0 Å². The zero-order valence-electron chi connectivity index (χ0n) is 36.6. The Bertz CT molecular complexity index is 1570. The number of fused-ring (bicyclic) bond motifs is 1. The van der Waals surface area contributed by atoms with E-state index < -0.39 is 0 Å². The minimum absolute atomic E-state index is 0.0479. The van der Waals surface area contributed by atoms with Gasteiger partial charge in [0.05, 0.1) is 38.5 Å². The van der Waals surface area contributed by atoms with Crippen LogP contribution in [0.5, 0.6) is 0 Å². The van der Waals surface area contributed by atoms with Crippen molar-refractivity contribution in [3.8, 4) is 0 Å². The molecule has 3 aliphatic rings. The summed E-state index contributed by atoms with van der Waals surface area (Å²) in [6.45, 7) is 3.39. The number of thioether (sulfide) groups is 2. The molecule has 16 nitrogen and oxygen atoms in total. The fourth-order valence-electron chi connectivity index (χ4n) is 7.69. The molecule has 348 valence electrons. The van der Waals surface area contributed by atoms with Gasteiger partial charge in [0.25, 0.3) is 5.91 Å². The Morgan fingerprint density at radius 1 is 0.677 bits per heavy atom. The number of guanidine groups is 1. The van der Waals surface area contributed by atoms with E-state index in [4.69, 9.17) is 20.9 Å². The molecular formula is C44H73N9O7S2. The van der Waals surface area contributed by atoms with Crippen LogP contribution < -0.4 is 43.4 Å². The van der Waals surface area contributed by atoms with Crippen LogP contribution in [-0.4, -0.2) is 122 Å². The summed E-state index contributed by atoms with van der Waals surface area (Å²) in [6.07, 6.45) is 14.7. The highest BCUT2D eigenvalue weighted by Crippen LogP contribution is 2.35. The zero-order valence-corrected chi connectivity index (χ0v) is 38.2. The molecule has 62 heavy (non-hydrogen) atoms. The minimum atomic E-state index is -0.371. The number of nitrogens with one attached hydrogen (secondary N) is 6. The molecule has 18 heteroatoms. The number of nitrogens with two attached hydrogens (primary N) is 2. The molecule has 0 aromatic heterocycles. The van der Waals surface area contributed by atoms with Crippen LogP contribution in [0.25, 0.3) is 0 Å². The Kier molecular flexibility index (Phi) is 25.1. The third kappa shape index (κ3) is 21.2. The summed E-state index contributed by atoms with van der Waals surface area (Å²) in [4.78, 5) is 68.1. The highest BCUT2D eigenvalue weighted by Gasteiger charge is 2.40. The van der Waals surface area contributed by atoms with Gasteiger partial charge in [-0.3, -0.25) is 24.0 Å². The molecule has 10 N–H and O–H groups in total. The van der Waals surface area contributed by atoms with Crippen molar-refractivity contribution in [2.45, 2.75) is 138 Å². The van der Waals surface area contributed by atoms with E-state index in [0.29, 0.717) is 93.8 Å². The lowest BCUT2D eigenvalue weighted by molar-refractivity contribution is -0.122. The van der Waals surface area contributed by atoms with E-state index >= 15 is 0 Å². The minimum Gasteiger partial charge on any atom is -0.378 e. The van der Waals surface area contributed by atoms with Gasteiger partial charge in [0, 0.05) is 85.1 Å². The van der Waals surface area contributed by atoms with Gasteiger partial charge in [-0.25, -0.2) is 4.99 Å². The Balaban J connectivity index is 1.11. The third-order valence-corrected chi connectivity index (χ3v) is 13.9. The van der Waals surface area contributed by atoms with E-state index in [1.807, 2.05) is 11.8 Å². The lowest BCUT2D eigenvalue weighted by Crippen LogP contribution is -2.38. The van der Waals surface area contributed by atoms with Crippen LogP contribution in [0.1, 0.15) is 126 Å². The van der Waals surface area contributed by atoms with Crippen molar-refractivity contribution < 1.29 is 33.4 Å². The number of amides is 5. The van der Waals surface area contributed by atoms with Crippen LogP contribution in [-0.2, 0) is 28.7 Å². The quantitative estimate of drug-likeness (QED) is 0.0458. The van der Waals surface area contributed by atoms with Gasteiger partial charge in [-0.1, -0.05) is 25.7 Å². The Hall–Kier alpha value is -3.58. The number of benzene rings is 1. The van der Waals surface area contributed by atoms with Gasteiger partial charge < -0.3 is 52.8 Å². The fourth-order valence-corrected chi connectivity index (χ4v) is 10.5. The summed E-state index contributed by atoms with van der Waals surface area (Å²) in [7, 11) is 0. The van der Waals surface area contributed by atoms with Crippen molar-refractivity contribution in [3.63, 3.8) is 0 Å². The van der Waals surface area contributed by atoms with E-state index in [-0.39, 0.29) is 67.1 Å². The number of carbonyl (C=O) groups excluding carboxylic acids is 5. The molecule has 0 spiro atoms. The van der Waals surface area contributed by atoms with Crippen molar-refractivity contribution in [1.82, 2.24) is 21.3 Å². The standard InChI is InChI=1S/C44H73N9O7S2/c45-19-23-59-25-26-60-24-22-49-43(58)32-28-33(50-40(56)17-3-1-9-20-47-38(54)15-7-5-12-35-13-11-27-61-35)30-34(29-32)51-41(57)18-4-2-10-21-48-39(55)16-8-6-14-37-42-36(31-62-37)52-44(46)53-42/h28-30,35-37,42H,1-27,31,45H2,(H,47,54)(H,48,55)(H,49,58)(H,50,56)(H,51,57)(H3,46,52,53)/t35-,36-,37-,42-/m0/s1. The Morgan fingerprint density at radius 3 is 1.89 bits per heavy atom. The highest BCUT2D eigenvalue weighted by atomic mass is 32.2. The average molecular weight is 904 g/mol. The first-order valence-electron chi connectivity index (χ1n) is 22.9. The Morgan fingerprint density at radius 2 is 1.27 bits per heavy atom. The van der Waals surface area contributed by atoms with E-state index in [2.05, 4.69) is 48.7 Å². The van der Waals surface area contributed by atoms with Crippen LogP contribution in [0.2, 0.25) is 0 Å². The summed E-state index contributed by atoms with van der Waals surface area (Å²) >= 11 is 4.00. The smallest absolute Gasteiger partial charge is 0.251 e. The van der Waals surface area contributed by atoms with E-state index in [1.54, 1.807) is 18.2 Å². The lowest BCUT2D eigenvalue weighted by atomic mass is 10.0. The molecule has 1 aromatic carbocycles. The molecular weight excluding hydrogens is 831 g/mol. The van der Waals surface area contributed by atoms with E-state index in [9.17, 15) is 24.0 Å². The molecule has 4 atom stereocenters.